The molecule has 0 fully saturated rings. The van der Waals surface area contributed by atoms with Crippen molar-refractivity contribution in [2.75, 3.05) is 0 Å². The zero-order valence-electron chi connectivity index (χ0n) is 10.3. The van der Waals surface area contributed by atoms with E-state index in [1.807, 2.05) is 30.3 Å². The van der Waals surface area contributed by atoms with E-state index in [4.69, 9.17) is 12.9 Å². The first-order chi connectivity index (χ1) is 8.80. The van der Waals surface area contributed by atoms with Gasteiger partial charge in [-0.2, -0.15) is 0 Å². The summed E-state index contributed by atoms with van der Waals surface area (Å²) in [6.07, 6.45) is 0. The van der Waals surface area contributed by atoms with Crippen molar-refractivity contribution in [1.82, 2.24) is 0 Å². The predicted octanol–water partition coefficient (Wildman–Crippen LogP) is 0.460. The van der Waals surface area contributed by atoms with Crippen molar-refractivity contribution in [3.05, 3.63) is 48.5 Å². The van der Waals surface area contributed by atoms with E-state index in [0.29, 0.717) is 21.0 Å². The molecule has 0 atom stereocenters. The maximum absolute atomic E-state index is 6.11. The van der Waals surface area contributed by atoms with Crippen molar-refractivity contribution < 1.29 is 12.9 Å². The van der Waals surface area contributed by atoms with E-state index in [0.717, 1.165) is 16.6 Å². The monoisotopic (exact) mass is 294 g/mol. The maximum atomic E-state index is 6.11. The molecule has 0 unspecified atom stereocenters. The van der Waals surface area contributed by atoms with Crippen LogP contribution in [0.3, 0.4) is 0 Å². The molecule has 0 bridgehead atoms. The van der Waals surface area contributed by atoms with E-state index in [9.17, 15) is 0 Å². The first-order valence-electron chi connectivity index (χ1n) is 5.79. The Kier molecular flexibility index (Phi) is 3.09. The molecule has 0 amide bonds. The van der Waals surface area contributed by atoms with Crippen LogP contribution in [0.4, 0.5) is 0 Å². The van der Waals surface area contributed by atoms with E-state index in [-0.39, 0.29) is 0 Å². The van der Waals surface area contributed by atoms with Crippen molar-refractivity contribution in [3.8, 4) is 16.9 Å². The number of para-hydroxylation sites is 1. The summed E-state index contributed by atoms with van der Waals surface area (Å²) in [5, 5.41) is 1.09. The van der Waals surface area contributed by atoms with Gasteiger partial charge in [-0.05, 0) is 0 Å². The summed E-state index contributed by atoms with van der Waals surface area (Å²) in [4.78, 5) is 0. The van der Waals surface area contributed by atoms with E-state index in [2.05, 4.69) is 18.2 Å². The van der Waals surface area contributed by atoms with Gasteiger partial charge in [0.05, 0.1) is 0 Å². The van der Waals surface area contributed by atoms with Gasteiger partial charge in [-0.25, -0.2) is 0 Å². The molecule has 0 saturated carbocycles. The first-order valence-corrected chi connectivity index (χ1v) is 9.15. The summed E-state index contributed by atoms with van der Waals surface area (Å²) in [6.45, 7) is 0. The molecule has 2 aromatic rings. The van der Waals surface area contributed by atoms with E-state index >= 15 is 0 Å². The molecule has 94 valence electrons. The molecular formula is C12H15O3PSi2. The van der Waals surface area contributed by atoms with Gasteiger partial charge in [0.1, 0.15) is 0 Å². The minimum atomic E-state index is -2.68. The number of rotatable bonds is 2. The molecule has 0 N–H and O–H groups in total. The van der Waals surface area contributed by atoms with Crippen LogP contribution in [0, 0.1) is 0 Å². The summed E-state index contributed by atoms with van der Waals surface area (Å²) in [6, 6.07) is 16.3. The van der Waals surface area contributed by atoms with E-state index in [1.54, 1.807) is 0 Å². The second-order valence-electron chi connectivity index (χ2n) is 4.11. The summed E-state index contributed by atoms with van der Waals surface area (Å²) in [5.74, 6) is 0.870. The Morgan fingerprint density at radius 2 is 1.44 bits per heavy atom. The van der Waals surface area contributed by atoms with Gasteiger partial charge in [-0.15, -0.1) is 0 Å². The fourth-order valence-electron chi connectivity index (χ4n) is 2.35. The number of fused-ring (bicyclic) bond motifs is 3. The minimum absolute atomic E-state index is 0.608. The fraction of sp³-hybridized carbons (Fsp3) is 0. The molecule has 0 radical (unpaired) electrons. The fourth-order valence-corrected chi connectivity index (χ4v) is 8.37. The van der Waals surface area contributed by atoms with Crippen LogP contribution in [0.5, 0.6) is 5.75 Å². The van der Waals surface area contributed by atoms with Crippen molar-refractivity contribution >= 4 is 34.2 Å². The number of hydrogen-bond acceptors (Lipinski definition) is 3. The molecule has 1 aliphatic heterocycles. The predicted molar refractivity (Wildman–Crippen MR) is 82.5 cm³/mol. The van der Waals surface area contributed by atoms with Crippen LogP contribution in [-0.2, 0) is 8.43 Å². The topological polar surface area (TPSA) is 27.7 Å². The Morgan fingerprint density at radius 1 is 0.833 bits per heavy atom. The van der Waals surface area contributed by atoms with Crippen LogP contribution in [0.15, 0.2) is 48.5 Å². The van der Waals surface area contributed by atoms with Gasteiger partial charge in [0.15, 0.2) is 0 Å². The van der Waals surface area contributed by atoms with Crippen LogP contribution >= 0.6 is 7.94 Å². The number of benzene rings is 2. The molecule has 1 heterocycles. The number of hydrogen-bond donors (Lipinski definition) is 0. The molecule has 0 aliphatic carbocycles. The quantitative estimate of drug-likeness (QED) is 0.595. The molecule has 3 rings (SSSR count). The summed E-state index contributed by atoms with van der Waals surface area (Å²) in [5.41, 5.74) is 2.30. The van der Waals surface area contributed by atoms with Gasteiger partial charge >= 0.3 is 113 Å². The molecule has 6 heteroatoms. The molecule has 0 spiro atoms. The second kappa shape index (κ2) is 4.61. The van der Waals surface area contributed by atoms with Crippen LogP contribution in [0.25, 0.3) is 11.1 Å². The van der Waals surface area contributed by atoms with Crippen LogP contribution in [0.2, 0.25) is 0 Å². The Morgan fingerprint density at radius 3 is 2.17 bits per heavy atom. The SMILES string of the molecule is [SiH3]O[PH]1(O[SiH3])Oc2ccccc2-c2ccccc21. The third-order valence-corrected chi connectivity index (χ3v) is 9.10. The zero-order chi connectivity index (χ0) is 12.6. The van der Waals surface area contributed by atoms with Crippen LogP contribution < -0.4 is 9.83 Å². The zero-order valence-corrected chi connectivity index (χ0v) is 15.3. The normalized spacial score (nSPS) is 17.6. The Bertz CT molecular complexity index is 587. The van der Waals surface area contributed by atoms with Crippen molar-refractivity contribution in [3.63, 3.8) is 0 Å². The molecule has 1 aliphatic rings. The van der Waals surface area contributed by atoms with Crippen molar-refractivity contribution in [2.45, 2.75) is 0 Å². The Hall–Kier alpha value is -0.976. The van der Waals surface area contributed by atoms with Gasteiger partial charge in [0.2, 0.25) is 0 Å². The van der Waals surface area contributed by atoms with Crippen molar-refractivity contribution in [1.29, 1.82) is 0 Å². The third kappa shape index (κ3) is 1.67. The molecule has 3 nitrogen and oxygen atoms in total. The van der Waals surface area contributed by atoms with Crippen molar-refractivity contribution in [2.24, 2.45) is 0 Å². The second-order valence-corrected chi connectivity index (χ2v) is 9.23. The van der Waals surface area contributed by atoms with Crippen LogP contribution in [0.1, 0.15) is 0 Å². The summed E-state index contributed by atoms with van der Waals surface area (Å²) < 4.78 is 17.7. The average Bonchev–Trinajstić information content (AvgIpc) is 2.46. The molecule has 2 aromatic carbocycles. The Balaban J connectivity index is 2.29. The van der Waals surface area contributed by atoms with Gasteiger partial charge in [0, 0.05) is 0 Å². The van der Waals surface area contributed by atoms with Gasteiger partial charge in [-0.1, -0.05) is 0 Å². The third-order valence-electron chi connectivity index (χ3n) is 3.22. The van der Waals surface area contributed by atoms with Crippen LogP contribution in [-0.4, -0.2) is 21.0 Å². The summed E-state index contributed by atoms with van der Waals surface area (Å²) in [7, 11) is -1.46. The standard InChI is InChI=1S/C12H15O3PSi2/c17-14-16(15-18)12-8-4-2-6-10(12)9-5-1-3-7-11(9)13-16/h1-8,16H,17-18H3. The van der Waals surface area contributed by atoms with E-state index in [1.165, 1.54) is 5.56 Å². The molecule has 0 aromatic heterocycles. The molecule has 18 heavy (non-hydrogen) atoms. The van der Waals surface area contributed by atoms with Gasteiger partial charge < -0.3 is 0 Å². The summed E-state index contributed by atoms with van der Waals surface area (Å²) >= 11 is 0. The van der Waals surface area contributed by atoms with Gasteiger partial charge in [-0.3, -0.25) is 0 Å². The van der Waals surface area contributed by atoms with Gasteiger partial charge in [0.25, 0.3) is 0 Å². The molecular weight excluding hydrogens is 279 g/mol. The average molecular weight is 294 g/mol. The van der Waals surface area contributed by atoms with E-state index < -0.39 is 7.94 Å². The Labute approximate surface area is 113 Å². The first kappa shape index (κ1) is 12.1. The molecule has 0 saturated heterocycles.